The molecule has 6 heteroatoms. The quantitative estimate of drug-likeness (QED) is 0.739. The number of phenolic OH excluding ortho intramolecular Hbond substituents is 1. The maximum atomic E-state index is 9.62. The van der Waals surface area contributed by atoms with Gasteiger partial charge in [-0.2, -0.15) is 0 Å². The summed E-state index contributed by atoms with van der Waals surface area (Å²) in [6.07, 6.45) is 3.47. The van der Waals surface area contributed by atoms with E-state index in [0.29, 0.717) is 12.3 Å². The molecule has 1 aromatic heterocycles. The van der Waals surface area contributed by atoms with Gasteiger partial charge in [0.15, 0.2) is 11.5 Å². The standard InChI is InChI=1S/C12H16N4O2/c1-18-12-3-2-10(8-11(12)17)9-13-4-6-16-7-5-14-15-16/h2-3,5,7-8,13,17H,4,6,9H2,1H3. The molecule has 2 aromatic rings. The lowest BCUT2D eigenvalue weighted by Gasteiger charge is -2.07. The third-order valence-electron chi connectivity index (χ3n) is 2.56. The normalized spacial score (nSPS) is 10.5. The second kappa shape index (κ2) is 6.02. The summed E-state index contributed by atoms with van der Waals surface area (Å²) in [6.45, 7) is 2.24. The number of nitrogens with one attached hydrogen (secondary N) is 1. The lowest BCUT2D eigenvalue weighted by atomic mass is 10.2. The van der Waals surface area contributed by atoms with Crippen molar-refractivity contribution in [2.24, 2.45) is 0 Å². The molecule has 2 N–H and O–H groups in total. The van der Waals surface area contributed by atoms with E-state index in [9.17, 15) is 5.11 Å². The van der Waals surface area contributed by atoms with E-state index in [1.165, 1.54) is 7.11 Å². The number of rotatable bonds is 6. The number of hydrogen-bond donors (Lipinski definition) is 2. The smallest absolute Gasteiger partial charge is 0.160 e. The van der Waals surface area contributed by atoms with Gasteiger partial charge in [0.2, 0.25) is 0 Å². The van der Waals surface area contributed by atoms with Crippen LogP contribution in [-0.2, 0) is 13.1 Å². The topological polar surface area (TPSA) is 72.2 Å². The molecular weight excluding hydrogens is 232 g/mol. The van der Waals surface area contributed by atoms with Gasteiger partial charge in [-0.15, -0.1) is 5.10 Å². The molecule has 0 aliphatic heterocycles. The van der Waals surface area contributed by atoms with Gasteiger partial charge in [-0.3, -0.25) is 4.68 Å². The fraction of sp³-hybridized carbons (Fsp3) is 0.333. The fourth-order valence-electron chi connectivity index (χ4n) is 1.62. The van der Waals surface area contributed by atoms with Crippen LogP contribution >= 0.6 is 0 Å². The highest BCUT2D eigenvalue weighted by Crippen LogP contribution is 2.25. The zero-order valence-electron chi connectivity index (χ0n) is 10.2. The van der Waals surface area contributed by atoms with Crippen LogP contribution in [0.3, 0.4) is 0 Å². The van der Waals surface area contributed by atoms with Crippen molar-refractivity contribution in [1.29, 1.82) is 0 Å². The number of aromatic hydroxyl groups is 1. The van der Waals surface area contributed by atoms with Gasteiger partial charge in [-0.05, 0) is 17.7 Å². The van der Waals surface area contributed by atoms with Crippen LogP contribution in [0, 0.1) is 0 Å². The molecule has 0 fully saturated rings. The van der Waals surface area contributed by atoms with Crippen LogP contribution in [0.1, 0.15) is 5.56 Å². The van der Waals surface area contributed by atoms with Gasteiger partial charge >= 0.3 is 0 Å². The molecular formula is C12H16N4O2. The zero-order valence-corrected chi connectivity index (χ0v) is 10.2. The Labute approximate surface area is 105 Å². The number of nitrogens with zero attached hydrogens (tertiary/aromatic N) is 3. The predicted molar refractivity (Wildman–Crippen MR) is 66.4 cm³/mol. The Bertz CT molecular complexity index is 485. The first kappa shape index (κ1) is 12.4. The SMILES string of the molecule is COc1ccc(CNCCn2ccnn2)cc1O. The lowest BCUT2D eigenvalue weighted by molar-refractivity contribution is 0.373. The minimum absolute atomic E-state index is 0.160. The molecule has 0 saturated carbocycles. The molecule has 0 amide bonds. The minimum Gasteiger partial charge on any atom is -0.504 e. The van der Waals surface area contributed by atoms with Crippen LogP contribution < -0.4 is 10.1 Å². The molecule has 0 spiro atoms. The van der Waals surface area contributed by atoms with Gasteiger partial charge in [0.05, 0.1) is 19.9 Å². The first-order valence-corrected chi connectivity index (χ1v) is 5.70. The van der Waals surface area contributed by atoms with E-state index < -0.39 is 0 Å². The van der Waals surface area contributed by atoms with E-state index in [1.807, 2.05) is 12.3 Å². The Morgan fingerprint density at radius 1 is 1.44 bits per heavy atom. The largest absolute Gasteiger partial charge is 0.504 e. The van der Waals surface area contributed by atoms with Crippen molar-refractivity contribution in [2.45, 2.75) is 13.1 Å². The van der Waals surface area contributed by atoms with Crippen LogP contribution in [-0.4, -0.2) is 33.8 Å². The summed E-state index contributed by atoms with van der Waals surface area (Å²) in [6, 6.07) is 5.37. The van der Waals surface area contributed by atoms with Crippen LogP contribution in [0.25, 0.3) is 0 Å². The average Bonchev–Trinajstić information content (AvgIpc) is 2.88. The van der Waals surface area contributed by atoms with E-state index in [0.717, 1.165) is 18.7 Å². The first-order chi connectivity index (χ1) is 8.79. The van der Waals surface area contributed by atoms with Gasteiger partial charge in [0, 0.05) is 19.3 Å². The molecule has 0 saturated heterocycles. The predicted octanol–water partition coefficient (Wildman–Crippen LogP) is 0.782. The fourth-order valence-corrected chi connectivity index (χ4v) is 1.62. The Balaban J connectivity index is 1.78. The first-order valence-electron chi connectivity index (χ1n) is 5.70. The van der Waals surface area contributed by atoms with Crippen LogP contribution in [0.5, 0.6) is 11.5 Å². The third kappa shape index (κ3) is 3.21. The number of hydrogen-bond acceptors (Lipinski definition) is 5. The summed E-state index contributed by atoms with van der Waals surface area (Å²) in [5.41, 5.74) is 1.01. The molecule has 0 bridgehead atoms. The summed E-state index contributed by atoms with van der Waals surface area (Å²) in [5, 5.41) is 20.5. The Kier molecular flexibility index (Phi) is 4.14. The monoisotopic (exact) mass is 248 g/mol. The molecule has 6 nitrogen and oxygen atoms in total. The van der Waals surface area contributed by atoms with Crippen LogP contribution in [0.4, 0.5) is 0 Å². The number of benzene rings is 1. The summed E-state index contributed by atoms with van der Waals surface area (Å²) in [5.74, 6) is 0.648. The van der Waals surface area contributed by atoms with Gasteiger partial charge in [-0.1, -0.05) is 11.3 Å². The number of methoxy groups -OCH3 is 1. The van der Waals surface area contributed by atoms with E-state index in [-0.39, 0.29) is 5.75 Å². The highest BCUT2D eigenvalue weighted by atomic mass is 16.5. The second-order valence-corrected chi connectivity index (χ2v) is 3.85. The third-order valence-corrected chi connectivity index (χ3v) is 2.56. The van der Waals surface area contributed by atoms with Crippen molar-refractivity contribution in [3.8, 4) is 11.5 Å². The highest BCUT2D eigenvalue weighted by Gasteiger charge is 2.02. The van der Waals surface area contributed by atoms with Crippen LogP contribution in [0.2, 0.25) is 0 Å². The van der Waals surface area contributed by atoms with Gasteiger partial charge in [-0.25, -0.2) is 0 Å². The van der Waals surface area contributed by atoms with Gasteiger partial charge in [0.25, 0.3) is 0 Å². The maximum absolute atomic E-state index is 9.62. The Morgan fingerprint density at radius 2 is 2.33 bits per heavy atom. The molecule has 18 heavy (non-hydrogen) atoms. The Morgan fingerprint density at radius 3 is 3.00 bits per heavy atom. The number of aromatic nitrogens is 3. The summed E-state index contributed by atoms with van der Waals surface area (Å²) >= 11 is 0. The minimum atomic E-state index is 0.160. The summed E-state index contributed by atoms with van der Waals surface area (Å²) in [7, 11) is 1.53. The van der Waals surface area contributed by atoms with Crippen molar-refractivity contribution >= 4 is 0 Å². The summed E-state index contributed by atoms with van der Waals surface area (Å²) in [4.78, 5) is 0. The van der Waals surface area contributed by atoms with Crippen molar-refractivity contribution in [2.75, 3.05) is 13.7 Å². The van der Waals surface area contributed by atoms with Crippen molar-refractivity contribution in [3.63, 3.8) is 0 Å². The van der Waals surface area contributed by atoms with E-state index in [4.69, 9.17) is 4.74 Å². The Hall–Kier alpha value is -2.08. The molecule has 0 radical (unpaired) electrons. The lowest BCUT2D eigenvalue weighted by Crippen LogP contribution is -2.19. The molecule has 96 valence electrons. The second-order valence-electron chi connectivity index (χ2n) is 3.85. The molecule has 2 rings (SSSR count). The molecule has 1 heterocycles. The van der Waals surface area contributed by atoms with Crippen molar-refractivity contribution in [3.05, 3.63) is 36.2 Å². The molecule has 0 aliphatic rings. The van der Waals surface area contributed by atoms with E-state index in [1.54, 1.807) is 23.0 Å². The molecule has 1 aromatic carbocycles. The molecule has 0 unspecified atom stereocenters. The number of phenols is 1. The van der Waals surface area contributed by atoms with Gasteiger partial charge < -0.3 is 15.2 Å². The van der Waals surface area contributed by atoms with E-state index >= 15 is 0 Å². The molecule has 0 atom stereocenters. The highest BCUT2D eigenvalue weighted by molar-refractivity contribution is 5.41. The summed E-state index contributed by atoms with van der Waals surface area (Å²) < 4.78 is 6.75. The molecule has 0 aliphatic carbocycles. The van der Waals surface area contributed by atoms with Crippen LogP contribution in [0.15, 0.2) is 30.6 Å². The average molecular weight is 248 g/mol. The van der Waals surface area contributed by atoms with Gasteiger partial charge in [0.1, 0.15) is 0 Å². The van der Waals surface area contributed by atoms with Crippen molar-refractivity contribution < 1.29 is 9.84 Å². The zero-order chi connectivity index (χ0) is 12.8. The maximum Gasteiger partial charge on any atom is 0.160 e. The number of ether oxygens (including phenoxy) is 1. The van der Waals surface area contributed by atoms with E-state index in [2.05, 4.69) is 15.6 Å². The van der Waals surface area contributed by atoms with Crippen molar-refractivity contribution in [1.82, 2.24) is 20.3 Å².